The summed E-state index contributed by atoms with van der Waals surface area (Å²) in [5.74, 6) is -1.44. The van der Waals surface area contributed by atoms with Crippen molar-refractivity contribution in [2.45, 2.75) is 70.3 Å². The molecule has 1 aliphatic carbocycles. The van der Waals surface area contributed by atoms with Crippen molar-refractivity contribution in [1.29, 1.82) is 0 Å². The van der Waals surface area contributed by atoms with Gasteiger partial charge in [-0.3, -0.25) is 9.59 Å². The van der Waals surface area contributed by atoms with Crippen molar-refractivity contribution >= 4 is 40.0 Å². The van der Waals surface area contributed by atoms with Gasteiger partial charge in [0, 0.05) is 38.1 Å². The third-order valence-electron chi connectivity index (χ3n) is 9.55. The molecule has 2 aromatic carbocycles. The van der Waals surface area contributed by atoms with Crippen molar-refractivity contribution in [3.63, 3.8) is 0 Å². The molecule has 0 atom stereocenters. The summed E-state index contributed by atoms with van der Waals surface area (Å²) in [7, 11) is 8.45. The molecule has 2 aromatic heterocycles. The van der Waals surface area contributed by atoms with Gasteiger partial charge in [-0.1, -0.05) is 30.9 Å². The highest BCUT2D eigenvalue weighted by atomic mass is 35.5. The van der Waals surface area contributed by atoms with Crippen molar-refractivity contribution in [2.24, 2.45) is 0 Å². The Morgan fingerprint density at radius 1 is 0.980 bits per heavy atom. The summed E-state index contributed by atoms with van der Waals surface area (Å²) >= 11 is 6.55. The summed E-state index contributed by atoms with van der Waals surface area (Å²) in [5.41, 5.74) is -0.0185. The van der Waals surface area contributed by atoms with E-state index in [1.165, 1.54) is 57.7 Å². The average Bonchev–Trinajstić information content (AvgIpc) is 3.06. The molecule has 2 heterocycles. The number of carbonyl (C=O) groups excluding carboxylic acids is 1. The number of anilines is 2. The maximum absolute atomic E-state index is 13.8. The lowest BCUT2D eigenvalue weighted by Crippen LogP contribution is -2.50. The Morgan fingerprint density at radius 2 is 1.67 bits per heavy atom. The molecule has 1 aliphatic rings. The first-order chi connectivity index (χ1) is 23.4. The molecule has 1 N–H and O–H groups in total. The van der Waals surface area contributed by atoms with E-state index in [9.17, 15) is 18.4 Å². The molecule has 8 nitrogen and oxygen atoms in total. The van der Waals surface area contributed by atoms with Crippen LogP contribution in [0.5, 0.6) is 5.75 Å². The van der Waals surface area contributed by atoms with Gasteiger partial charge >= 0.3 is 0 Å². The van der Waals surface area contributed by atoms with E-state index in [2.05, 4.69) is 19.4 Å². The van der Waals surface area contributed by atoms with Crippen molar-refractivity contribution < 1.29 is 22.8 Å². The van der Waals surface area contributed by atoms with Gasteiger partial charge < -0.3 is 24.0 Å². The highest BCUT2D eigenvalue weighted by Crippen LogP contribution is 2.30. The first-order valence-corrected chi connectivity index (χ1v) is 17.6. The molecular weight excluding hydrogens is 648 g/mol. The Kier molecular flexibility index (Phi) is 11.9. The number of nitrogens with one attached hydrogen (secondary N) is 1. The average molecular weight is 695 g/mol. The number of ether oxygens (including phenoxy) is 1. The molecular formula is C38H47ClF2N5O3+. The molecule has 1 saturated carbocycles. The number of hydrogen-bond donors (Lipinski definition) is 1. The van der Waals surface area contributed by atoms with Gasteiger partial charge in [-0.2, -0.15) is 0 Å². The molecule has 1 amide bonds. The summed E-state index contributed by atoms with van der Waals surface area (Å²) in [5, 5.41) is 3.07. The molecule has 0 saturated heterocycles. The number of hydrogen-bond acceptors (Lipinski definition) is 5. The van der Waals surface area contributed by atoms with Crippen LogP contribution in [0.15, 0.2) is 59.5 Å². The molecule has 0 aliphatic heterocycles. The summed E-state index contributed by atoms with van der Waals surface area (Å²) in [6.45, 7) is 1.72. The third kappa shape index (κ3) is 9.16. The largest absolute Gasteiger partial charge is 0.492 e. The maximum atomic E-state index is 13.8. The Balaban J connectivity index is 1.29. The van der Waals surface area contributed by atoms with Crippen LogP contribution in [0.2, 0.25) is 5.02 Å². The molecule has 11 heteroatoms. The van der Waals surface area contributed by atoms with Crippen molar-refractivity contribution in [2.75, 3.05) is 51.6 Å². The monoisotopic (exact) mass is 694 g/mol. The molecule has 0 spiro atoms. The predicted molar refractivity (Wildman–Crippen MR) is 193 cm³/mol. The normalized spacial score (nSPS) is 13.9. The third-order valence-corrected chi connectivity index (χ3v) is 9.86. The highest BCUT2D eigenvalue weighted by molar-refractivity contribution is 6.32. The number of rotatable bonds is 14. The molecule has 49 heavy (non-hydrogen) atoms. The minimum atomic E-state index is -0.853. The number of benzene rings is 2. The minimum Gasteiger partial charge on any atom is -0.492 e. The number of amides is 1. The second-order valence-electron chi connectivity index (χ2n) is 13.8. The van der Waals surface area contributed by atoms with Gasteiger partial charge in [-0.05, 0) is 81.3 Å². The van der Waals surface area contributed by atoms with Gasteiger partial charge in [0.15, 0.2) is 5.65 Å². The molecule has 0 unspecified atom stereocenters. The molecule has 1 fully saturated rings. The summed E-state index contributed by atoms with van der Waals surface area (Å²) in [6, 6.07) is 12.0. The SMILES string of the molecule is CN(C)c1ccc2c(=O)c(C(=O)Nc3cc(F)cc(F)c3)cn(-c3ccc(Cl)c(OCCCCCCC[N+](C)(C)C4CCCCC4)c3)c2n1. The van der Waals surface area contributed by atoms with Crippen LogP contribution in [-0.2, 0) is 0 Å². The number of quaternary nitrogens is 1. The standard InChI is InChI=1S/C38H46ClF2N5O3/c1-44(2)35-18-16-31-36(47)32(38(48)42-28-22-26(40)21-27(41)23-28)25-45(37(31)43-35)29-15-17-33(39)34(24-29)49-20-12-7-5-6-11-19-46(3,4)30-13-9-8-10-14-30/h15-18,21-25,30H,5-14,19-20H2,1-4H3/p+1. The topological polar surface area (TPSA) is 76.5 Å². The first-order valence-electron chi connectivity index (χ1n) is 17.2. The lowest BCUT2D eigenvalue weighted by molar-refractivity contribution is -0.916. The van der Waals surface area contributed by atoms with Crippen LogP contribution in [0.3, 0.4) is 0 Å². The van der Waals surface area contributed by atoms with Crippen molar-refractivity contribution in [3.8, 4) is 11.4 Å². The minimum absolute atomic E-state index is 0.112. The fraction of sp³-hybridized carbons (Fsp3) is 0.447. The fourth-order valence-electron chi connectivity index (χ4n) is 6.67. The number of fused-ring (bicyclic) bond motifs is 1. The van der Waals surface area contributed by atoms with Crippen LogP contribution in [0.25, 0.3) is 16.7 Å². The lowest BCUT2D eigenvalue weighted by atomic mass is 9.93. The Morgan fingerprint density at radius 3 is 2.39 bits per heavy atom. The van der Waals surface area contributed by atoms with E-state index in [0.29, 0.717) is 40.6 Å². The second-order valence-corrected chi connectivity index (χ2v) is 14.2. The fourth-order valence-corrected chi connectivity index (χ4v) is 6.85. The molecule has 4 aromatic rings. The van der Waals surface area contributed by atoms with Crippen LogP contribution in [0.1, 0.15) is 74.6 Å². The highest BCUT2D eigenvalue weighted by Gasteiger charge is 2.29. The van der Waals surface area contributed by atoms with Crippen LogP contribution in [0, 0.1) is 11.6 Å². The predicted octanol–water partition coefficient (Wildman–Crippen LogP) is 8.37. The van der Waals surface area contributed by atoms with E-state index in [-0.39, 0.29) is 16.6 Å². The van der Waals surface area contributed by atoms with Crippen molar-refractivity contribution in [3.05, 3.63) is 87.2 Å². The number of halogens is 3. The van der Waals surface area contributed by atoms with E-state index in [4.69, 9.17) is 21.3 Å². The van der Waals surface area contributed by atoms with E-state index < -0.39 is 23.0 Å². The van der Waals surface area contributed by atoms with Gasteiger partial charge in [0.2, 0.25) is 5.43 Å². The number of unbranched alkanes of at least 4 members (excludes halogenated alkanes) is 4. The summed E-state index contributed by atoms with van der Waals surface area (Å²) < 4.78 is 36.5. The van der Waals surface area contributed by atoms with Gasteiger partial charge in [0.05, 0.1) is 49.4 Å². The quantitative estimate of drug-likeness (QED) is 0.106. The maximum Gasteiger partial charge on any atom is 0.261 e. The van der Waals surface area contributed by atoms with E-state index in [1.807, 2.05) is 14.1 Å². The number of pyridine rings is 2. The zero-order chi connectivity index (χ0) is 35.1. The van der Waals surface area contributed by atoms with E-state index in [0.717, 1.165) is 41.9 Å². The molecule has 5 rings (SSSR count). The zero-order valence-electron chi connectivity index (χ0n) is 28.9. The van der Waals surface area contributed by atoms with Crippen LogP contribution < -0.4 is 20.4 Å². The lowest BCUT2D eigenvalue weighted by Gasteiger charge is -2.40. The second kappa shape index (κ2) is 16.1. The van der Waals surface area contributed by atoms with Gasteiger partial charge in [0.1, 0.15) is 28.8 Å². The van der Waals surface area contributed by atoms with Gasteiger partial charge in [-0.15, -0.1) is 0 Å². The molecule has 0 bridgehead atoms. The smallest absolute Gasteiger partial charge is 0.261 e. The number of nitrogens with zero attached hydrogens (tertiary/aromatic N) is 4. The molecule has 262 valence electrons. The van der Waals surface area contributed by atoms with E-state index >= 15 is 0 Å². The summed E-state index contributed by atoms with van der Waals surface area (Å²) in [6.07, 6.45) is 13.8. The zero-order valence-corrected chi connectivity index (χ0v) is 29.7. The van der Waals surface area contributed by atoms with Crippen molar-refractivity contribution in [1.82, 2.24) is 9.55 Å². The van der Waals surface area contributed by atoms with Crippen LogP contribution >= 0.6 is 11.6 Å². The van der Waals surface area contributed by atoms with E-state index in [1.54, 1.807) is 39.8 Å². The summed E-state index contributed by atoms with van der Waals surface area (Å²) in [4.78, 5) is 33.4. The number of carbonyl (C=O) groups is 1. The first kappa shape index (κ1) is 36.3. The van der Waals surface area contributed by atoms with Gasteiger partial charge in [-0.25, -0.2) is 13.8 Å². The van der Waals surface area contributed by atoms with Gasteiger partial charge in [0.25, 0.3) is 5.91 Å². The van der Waals surface area contributed by atoms with Crippen LogP contribution in [-0.4, -0.2) is 67.3 Å². The Labute approximate surface area is 292 Å². The Hall–Kier alpha value is -4.02. The number of aromatic nitrogens is 2. The van der Waals surface area contributed by atoms with Crippen LogP contribution in [0.4, 0.5) is 20.3 Å². The molecule has 0 radical (unpaired) electrons. The Bertz CT molecular complexity index is 1820.